The third-order valence-electron chi connectivity index (χ3n) is 3.24. The van der Waals surface area contributed by atoms with Gasteiger partial charge in [0.2, 0.25) is 5.91 Å². The summed E-state index contributed by atoms with van der Waals surface area (Å²) in [5.41, 5.74) is 0. The van der Waals surface area contributed by atoms with Crippen molar-refractivity contribution in [3.05, 3.63) is 0 Å². The van der Waals surface area contributed by atoms with Gasteiger partial charge in [-0.05, 0) is 6.92 Å². The summed E-state index contributed by atoms with van der Waals surface area (Å²) in [6.07, 6.45) is 0.552. The van der Waals surface area contributed by atoms with E-state index < -0.39 is 0 Å². The van der Waals surface area contributed by atoms with Gasteiger partial charge in [-0.25, -0.2) is 0 Å². The summed E-state index contributed by atoms with van der Waals surface area (Å²) in [6.45, 7) is 6.21. The van der Waals surface area contributed by atoms with E-state index in [4.69, 9.17) is 4.74 Å². The molecule has 1 amide bonds. The number of hydrogen-bond acceptors (Lipinski definition) is 4. The van der Waals surface area contributed by atoms with E-state index in [1.54, 1.807) is 7.11 Å². The number of ether oxygens (including phenoxy) is 1. The molecule has 1 N–H and O–H groups in total. The lowest BCUT2D eigenvalue weighted by atomic mass is 9.97. The number of likely N-dealkylation sites (tertiary alicyclic amines) is 1. The normalized spacial score (nSPS) is 23.5. The predicted molar refractivity (Wildman–Crippen MR) is 64.7 cm³/mol. The second kappa shape index (κ2) is 6.71. The molecule has 1 heterocycles. The fourth-order valence-electron chi connectivity index (χ4n) is 1.99. The van der Waals surface area contributed by atoms with Crippen LogP contribution in [0.2, 0.25) is 0 Å². The van der Waals surface area contributed by atoms with Crippen molar-refractivity contribution in [2.75, 3.05) is 33.4 Å². The number of amides is 1. The lowest BCUT2D eigenvalue weighted by Gasteiger charge is -2.33. The lowest BCUT2D eigenvalue weighted by Crippen LogP contribution is -2.51. The summed E-state index contributed by atoms with van der Waals surface area (Å²) in [5.74, 6) is 0.342. The van der Waals surface area contributed by atoms with Crippen molar-refractivity contribution in [1.29, 1.82) is 0 Å². The van der Waals surface area contributed by atoms with E-state index in [1.807, 2.05) is 13.8 Å². The number of ketones is 1. The molecule has 0 radical (unpaired) electrons. The molecule has 1 aliphatic heterocycles. The summed E-state index contributed by atoms with van der Waals surface area (Å²) < 4.78 is 4.88. The van der Waals surface area contributed by atoms with Gasteiger partial charge in [-0.1, -0.05) is 6.92 Å². The topological polar surface area (TPSA) is 58.6 Å². The number of carbonyl (C=O) groups is 2. The molecule has 0 spiro atoms. The van der Waals surface area contributed by atoms with Crippen molar-refractivity contribution < 1.29 is 14.3 Å². The third-order valence-corrected chi connectivity index (χ3v) is 3.24. The van der Waals surface area contributed by atoms with Crippen molar-refractivity contribution in [2.45, 2.75) is 26.3 Å². The molecule has 2 unspecified atom stereocenters. The van der Waals surface area contributed by atoms with Crippen molar-refractivity contribution in [1.82, 2.24) is 10.2 Å². The van der Waals surface area contributed by atoms with E-state index in [0.29, 0.717) is 38.4 Å². The first-order valence-electron chi connectivity index (χ1n) is 6.09. The minimum Gasteiger partial charge on any atom is -0.383 e. The number of carbonyl (C=O) groups excluding carboxylic acids is 2. The number of methoxy groups -OCH3 is 1. The maximum atomic E-state index is 11.8. The van der Waals surface area contributed by atoms with Gasteiger partial charge in [0.05, 0.1) is 12.6 Å². The zero-order valence-electron chi connectivity index (χ0n) is 10.9. The van der Waals surface area contributed by atoms with Gasteiger partial charge in [0.25, 0.3) is 0 Å². The molecule has 98 valence electrons. The fraction of sp³-hybridized carbons (Fsp3) is 0.833. The van der Waals surface area contributed by atoms with Crippen molar-refractivity contribution >= 4 is 11.7 Å². The van der Waals surface area contributed by atoms with Crippen molar-refractivity contribution in [3.63, 3.8) is 0 Å². The summed E-state index contributed by atoms with van der Waals surface area (Å²) >= 11 is 0. The monoisotopic (exact) mass is 242 g/mol. The van der Waals surface area contributed by atoms with E-state index in [0.717, 1.165) is 0 Å². The Kier molecular flexibility index (Phi) is 5.58. The highest BCUT2D eigenvalue weighted by atomic mass is 16.5. The molecule has 0 aromatic heterocycles. The Morgan fingerprint density at radius 3 is 2.94 bits per heavy atom. The Hall–Kier alpha value is -0.940. The van der Waals surface area contributed by atoms with Gasteiger partial charge in [0.1, 0.15) is 5.78 Å². The smallest absolute Gasteiger partial charge is 0.237 e. The molecule has 0 aliphatic carbocycles. The van der Waals surface area contributed by atoms with Crippen molar-refractivity contribution in [2.24, 2.45) is 5.92 Å². The molecule has 0 saturated carbocycles. The van der Waals surface area contributed by atoms with Crippen LogP contribution in [0.4, 0.5) is 0 Å². The molecule has 5 nitrogen and oxygen atoms in total. The van der Waals surface area contributed by atoms with E-state index in [-0.39, 0.29) is 17.9 Å². The minimum absolute atomic E-state index is 0.00333. The predicted octanol–water partition coefficient (Wildman–Crippen LogP) is 0.0484. The molecule has 1 fully saturated rings. The zero-order valence-corrected chi connectivity index (χ0v) is 10.9. The van der Waals surface area contributed by atoms with Gasteiger partial charge in [-0.15, -0.1) is 0 Å². The number of rotatable bonds is 5. The number of nitrogens with one attached hydrogen (secondary N) is 1. The molecule has 1 saturated heterocycles. The van der Waals surface area contributed by atoms with Crippen LogP contribution >= 0.6 is 0 Å². The second-order valence-electron chi connectivity index (χ2n) is 4.57. The van der Waals surface area contributed by atoms with E-state index in [2.05, 4.69) is 10.2 Å². The highest BCUT2D eigenvalue weighted by molar-refractivity contribution is 5.83. The van der Waals surface area contributed by atoms with Gasteiger partial charge < -0.3 is 10.1 Å². The summed E-state index contributed by atoms with van der Waals surface area (Å²) in [7, 11) is 1.60. The Labute approximate surface area is 102 Å². The first kappa shape index (κ1) is 14.1. The first-order valence-corrected chi connectivity index (χ1v) is 6.09. The first-order chi connectivity index (χ1) is 8.06. The highest BCUT2D eigenvalue weighted by Crippen LogP contribution is 2.14. The maximum absolute atomic E-state index is 11.8. The quantitative estimate of drug-likeness (QED) is 0.692. The largest absolute Gasteiger partial charge is 0.383 e. The van der Waals surface area contributed by atoms with Crippen LogP contribution in [-0.4, -0.2) is 56.0 Å². The number of piperidine rings is 1. The number of nitrogens with zero attached hydrogens (tertiary/aromatic N) is 1. The van der Waals surface area contributed by atoms with E-state index in [9.17, 15) is 9.59 Å². The van der Waals surface area contributed by atoms with Crippen molar-refractivity contribution in [3.8, 4) is 0 Å². The summed E-state index contributed by atoms with van der Waals surface area (Å²) in [4.78, 5) is 25.3. The number of Topliss-reactive ketones (excluding diaryl/α,β-unsaturated/α-hetero) is 1. The molecule has 5 heteroatoms. The third kappa shape index (κ3) is 4.09. The molecule has 1 aliphatic rings. The second-order valence-corrected chi connectivity index (χ2v) is 4.57. The molecular formula is C12H22N2O3. The van der Waals surface area contributed by atoms with Crippen LogP contribution in [0.5, 0.6) is 0 Å². The van der Waals surface area contributed by atoms with Gasteiger partial charge in [0, 0.05) is 39.1 Å². The average molecular weight is 242 g/mol. The standard InChI is InChI=1S/C12H22N2O3/c1-9-8-14(6-4-11(9)15)10(2)12(16)13-5-7-17-3/h9-10H,4-8H2,1-3H3,(H,13,16). The summed E-state index contributed by atoms with van der Waals surface area (Å²) in [5, 5.41) is 2.82. The molecular weight excluding hydrogens is 220 g/mol. The Morgan fingerprint density at radius 2 is 2.35 bits per heavy atom. The van der Waals surface area contributed by atoms with Gasteiger partial charge >= 0.3 is 0 Å². The van der Waals surface area contributed by atoms with Gasteiger partial charge in [-0.2, -0.15) is 0 Å². The molecule has 2 atom stereocenters. The molecule has 0 aromatic rings. The van der Waals surface area contributed by atoms with Crippen LogP contribution in [0.1, 0.15) is 20.3 Å². The van der Waals surface area contributed by atoms with Crippen LogP contribution in [0.3, 0.4) is 0 Å². The van der Waals surface area contributed by atoms with Crippen LogP contribution in [0, 0.1) is 5.92 Å². The maximum Gasteiger partial charge on any atom is 0.237 e. The van der Waals surface area contributed by atoms with Gasteiger partial charge in [-0.3, -0.25) is 14.5 Å². The molecule has 1 rings (SSSR count). The molecule has 0 bridgehead atoms. The fourth-order valence-corrected chi connectivity index (χ4v) is 1.99. The van der Waals surface area contributed by atoms with Crippen LogP contribution in [-0.2, 0) is 14.3 Å². The van der Waals surface area contributed by atoms with Gasteiger partial charge in [0.15, 0.2) is 0 Å². The summed E-state index contributed by atoms with van der Waals surface area (Å²) in [6, 6.07) is -0.178. The number of hydrogen-bond donors (Lipinski definition) is 1. The Bertz CT molecular complexity index is 281. The van der Waals surface area contributed by atoms with Crippen LogP contribution in [0.25, 0.3) is 0 Å². The lowest BCUT2D eigenvalue weighted by molar-refractivity contribution is -0.132. The molecule has 0 aromatic carbocycles. The highest BCUT2D eigenvalue weighted by Gasteiger charge is 2.29. The molecule has 17 heavy (non-hydrogen) atoms. The SMILES string of the molecule is COCCNC(=O)C(C)N1CCC(=O)C(C)C1. The van der Waals surface area contributed by atoms with E-state index in [1.165, 1.54) is 0 Å². The Balaban J connectivity index is 2.38. The Morgan fingerprint density at radius 1 is 1.65 bits per heavy atom. The average Bonchev–Trinajstić information content (AvgIpc) is 2.32. The van der Waals surface area contributed by atoms with E-state index >= 15 is 0 Å². The van der Waals surface area contributed by atoms with Crippen LogP contribution < -0.4 is 5.32 Å². The van der Waals surface area contributed by atoms with Crippen LogP contribution in [0.15, 0.2) is 0 Å². The zero-order chi connectivity index (χ0) is 12.8. The minimum atomic E-state index is -0.178.